The number of benzene rings is 1. The Hall–Kier alpha value is -2.57. The molecule has 0 aliphatic carbocycles. The number of carboxylic acids is 1. The van der Waals surface area contributed by atoms with Gasteiger partial charge in [-0.1, -0.05) is 6.92 Å². The van der Waals surface area contributed by atoms with Gasteiger partial charge in [0.15, 0.2) is 5.82 Å². The van der Waals surface area contributed by atoms with Crippen LogP contribution < -0.4 is 15.9 Å². The van der Waals surface area contributed by atoms with Crippen LogP contribution in [0, 0.1) is 5.82 Å². The predicted molar refractivity (Wildman–Crippen MR) is 79.1 cm³/mol. The highest BCUT2D eigenvalue weighted by Gasteiger charge is 2.29. The molecule has 0 amide bonds. The third kappa shape index (κ3) is 1.71. The van der Waals surface area contributed by atoms with Crippen LogP contribution in [0.1, 0.15) is 35.8 Å². The van der Waals surface area contributed by atoms with Gasteiger partial charge in [0.2, 0.25) is 5.43 Å². The summed E-state index contributed by atoms with van der Waals surface area (Å²) in [7, 11) is 0. The van der Waals surface area contributed by atoms with E-state index in [2.05, 4.69) is 0 Å². The summed E-state index contributed by atoms with van der Waals surface area (Å²) in [5.41, 5.74) is 4.91. The predicted octanol–water partition coefficient (Wildman–Crippen LogP) is 1.94. The molecule has 0 radical (unpaired) electrons. The summed E-state index contributed by atoms with van der Waals surface area (Å²) in [4.78, 5) is 23.7. The third-order valence-electron chi connectivity index (χ3n) is 4.02. The molecule has 2 aromatic rings. The van der Waals surface area contributed by atoms with E-state index in [1.54, 1.807) is 11.5 Å². The summed E-state index contributed by atoms with van der Waals surface area (Å²) in [6, 6.07) is -0.191. The third-order valence-corrected chi connectivity index (χ3v) is 4.02. The van der Waals surface area contributed by atoms with Crippen LogP contribution >= 0.6 is 0 Å². The number of aromatic nitrogens is 1. The lowest BCUT2D eigenvalue weighted by atomic mass is 10.0. The van der Waals surface area contributed by atoms with E-state index < -0.39 is 22.8 Å². The lowest BCUT2D eigenvalue weighted by molar-refractivity contribution is 0.0694. The molecule has 22 heavy (non-hydrogen) atoms. The Morgan fingerprint density at radius 1 is 1.59 bits per heavy atom. The number of hydrogen-bond acceptors (Lipinski definition) is 4. The van der Waals surface area contributed by atoms with Gasteiger partial charge in [0.25, 0.3) is 0 Å². The zero-order valence-corrected chi connectivity index (χ0v) is 12.1. The highest BCUT2D eigenvalue weighted by molar-refractivity contribution is 6.00. The lowest BCUT2D eigenvalue weighted by Gasteiger charge is -2.29. The number of nitrogens with two attached hydrogens (primary N) is 1. The number of hydrogen-bond donors (Lipinski definition) is 2. The minimum Gasteiger partial charge on any atom is -0.489 e. The topological polar surface area (TPSA) is 94.5 Å². The van der Waals surface area contributed by atoms with Gasteiger partial charge in [-0.2, -0.15) is 0 Å². The van der Waals surface area contributed by atoms with Crippen LogP contribution in [-0.4, -0.2) is 22.2 Å². The molecule has 1 aliphatic rings. The molecule has 1 aromatic carbocycles. The standard InChI is InChI=1S/C15H15FN2O4/c1-3-7-10(16)11(17)9-12-14(7)22-5-6(2)18(12)4-8(13(9)19)15(20)21/h4,6H,3,5,17H2,1-2H3,(H,20,21)/t6-/m0/s1. The molecule has 0 spiro atoms. The van der Waals surface area contributed by atoms with E-state index in [0.29, 0.717) is 17.5 Å². The first-order valence-corrected chi connectivity index (χ1v) is 6.93. The molecule has 116 valence electrons. The molecule has 1 aromatic heterocycles. The van der Waals surface area contributed by atoms with Crippen LogP contribution in [-0.2, 0) is 6.42 Å². The Bertz CT molecular complexity index is 872. The molecule has 1 atom stereocenters. The number of nitrogen functional groups attached to an aromatic ring is 1. The maximum atomic E-state index is 14.4. The fourth-order valence-corrected chi connectivity index (χ4v) is 2.88. The SMILES string of the molecule is CCc1c(F)c(N)c2c(=O)c(C(=O)O)cn3c2c1OC[C@@H]3C. The van der Waals surface area contributed by atoms with Gasteiger partial charge in [0.1, 0.15) is 17.9 Å². The number of carboxylic acid groups (broad SMARTS) is 1. The van der Waals surface area contributed by atoms with E-state index in [1.165, 1.54) is 6.20 Å². The minimum absolute atomic E-state index is 0.129. The fraction of sp³-hybridized carbons (Fsp3) is 0.333. The molecular weight excluding hydrogens is 291 g/mol. The van der Waals surface area contributed by atoms with Crippen molar-refractivity contribution < 1.29 is 19.0 Å². The van der Waals surface area contributed by atoms with E-state index in [0.717, 1.165) is 0 Å². The molecule has 7 heteroatoms. The largest absolute Gasteiger partial charge is 0.489 e. The second-order valence-corrected chi connectivity index (χ2v) is 5.36. The number of aromatic carboxylic acids is 1. The van der Waals surface area contributed by atoms with Crippen molar-refractivity contribution >= 4 is 22.6 Å². The van der Waals surface area contributed by atoms with Crippen LogP contribution in [0.25, 0.3) is 10.9 Å². The van der Waals surface area contributed by atoms with Crippen molar-refractivity contribution in [2.45, 2.75) is 26.3 Å². The number of nitrogens with zero attached hydrogens (tertiary/aromatic N) is 1. The highest BCUT2D eigenvalue weighted by atomic mass is 19.1. The average molecular weight is 306 g/mol. The monoisotopic (exact) mass is 306 g/mol. The molecule has 0 bridgehead atoms. The van der Waals surface area contributed by atoms with Crippen LogP contribution in [0.2, 0.25) is 0 Å². The highest BCUT2D eigenvalue weighted by Crippen LogP contribution is 2.39. The second-order valence-electron chi connectivity index (χ2n) is 5.36. The van der Waals surface area contributed by atoms with Crippen molar-refractivity contribution in [3.05, 3.63) is 33.4 Å². The average Bonchev–Trinajstić information content (AvgIpc) is 2.47. The van der Waals surface area contributed by atoms with Crippen LogP contribution in [0.3, 0.4) is 0 Å². The van der Waals surface area contributed by atoms with Gasteiger partial charge >= 0.3 is 5.97 Å². The number of ether oxygens (including phenoxy) is 1. The summed E-state index contributed by atoms with van der Waals surface area (Å²) in [5.74, 6) is -1.81. The van der Waals surface area contributed by atoms with Crippen molar-refractivity contribution in [3.63, 3.8) is 0 Å². The van der Waals surface area contributed by atoms with Crippen molar-refractivity contribution in [2.75, 3.05) is 12.3 Å². The summed E-state index contributed by atoms with van der Waals surface area (Å²) in [5, 5.41) is 9.07. The summed E-state index contributed by atoms with van der Waals surface area (Å²) < 4.78 is 21.7. The van der Waals surface area contributed by atoms with E-state index in [9.17, 15) is 19.1 Å². The van der Waals surface area contributed by atoms with E-state index in [4.69, 9.17) is 10.5 Å². The maximum absolute atomic E-state index is 14.4. The number of carbonyl (C=O) groups is 1. The first-order valence-electron chi connectivity index (χ1n) is 6.93. The number of rotatable bonds is 2. The van der Waals surface area contributed by atoms with Crippen LogP contribution in [0.15, 0.2) is 11.0 Å². The Morgan fingerprint density at radius 3 is 2.86 bits per heavy atom. The van der Waals surface area contributed by atoms with Gasteiger partial charge in [0.05, 0.1) is 22.6 Å². The zero-order valence-electron chi connectivity index (χ0n) is 12.1. The second kappa shape index (κ2) is 4.72. The number of anilines is 1. The van der Waals surface area contributed by atoms with E-state index >= 15 is 0 Å². The van der Waals surface area contributed by atoms with Gasteiger partial charge in [-0.15, -0.1) is 0 Å². The van der Waals surface area contributed by atoms with Crippen LogP contribution in [0.5, 0.6) is 5.75 Å². The Morgan fingerprint density at radius 2 is 2.27 bits per heavy atom. The Balaban J connectivity index is 2.62. The van der Waals surface area contributed by atoms with Crippen LogP contribution in [0.4, 0.5) is 10.1 Å². The lowest BCUT2D eigenvalue weighted by Crippen LogP contribution is -2.28. The molecule has 3 N–H and O–H groups in total. The molecule has 3 rings (SSSR count). The van der Waals surface area contributed by atoms with Crippen molar-refractivity contribution in [1.29, 1.82) is 0 Å². The first kappa shape index (κ1) is 14.4. The summed E-state index contributed by atoms with van der Waals surface area (Å²) >= 11 is 0. The number of pyridine rings is 1. The van der Waals surface area contributed by atoms with Crippen molar-refractivity contribution in [1.82, 2.24) is 4.57 Å². The van der Waals surface area contributed by atoms with Gasteiger partial charge in [-0.05, 0) is 13.3 Å². The molecule has 0 fully saturated rings. The minimum atomic E-state index is -1.37. The van der Waals surface area contributed by atoms with Gasteiger partial charge in [0, 0.05) is 11.8 Å². The smallest absolute Gasteiger partial charge is 0.341 e. The molecule has 0 saturated carbocycles. The summed E-state index contributed by atoms with van der Waals surface area (Å²) in [6.07, 6.45) is 1.63. The zero-order chi connectivity index (χ0) is 16.2. The normalized spacial score (nSPS) is 16.6. The molecular formula is C15H15FN2O4. The van der Waals surface area contributed by atoms with E-state index in [-0.39, 0.29) is 29.5 Å². The van der Waals surface area contributed by atoms with Gasteiger partial charge in [-0.25, -0.2) is 9.18 Å². The number of halogens is 1. The molecule has 6 nitrogen and oxygen atoms in total. The molecule has 1 aliphatic heterocycles. The molecule has 2 heterocycles. The van der Waals surface area contributed by atoms with Gasteiger partial charge in [-0.3, -0.25) is 4.79 Å². The Labute approximate surface area is 124 Å². The van der Waals surface area contributed by atoms with E-state index in [1.807, 2.05) is 6.92 Å². The fourth-order valence-electron chi connectivity index (χ4n) is 2.88. The van der Waals surface area contributed by atoms with Gasteiger partial charge < -0.3 is 20.1 Å². The summed E-state index contributed by atoms with van der Waals surface area (Å²) in [6.45, 7) is 3.85. The van der Waals surface area contributed by atoms with Crippen molar-refractivity contribution in [3.8, 4) is 5.75 Å². The molecule has 0 saturated heterocycles. The maximum Gasteiger partial charge on any atom is 0.341 e. The molecule has 0 unspecified atom stereocenters. The van der Waals surface area contributed by atoms with Crippen molar-refractivity contribution in [2.24, 2.45) is 0 Å². The Kier molecular flexibility index (Phi) is 3.09. The first-order chi connectivity index (χ1) is 10.4. The quantitative estimate of drug-likeness (QED) is 0.827.